The van der Waals surface area contributed by atoms with Crippen LogP contribution in [0.15, 0.2) is 133 Å². The zero-order chi connectivity index (χ0) is 32.4. The van der Waals surface area contributed by atoms with E-state index in [1.54, 1.807) is 0 Å². The quantitative estimate of drug-likeness (QED) is 0.180. The van der Waals surface area contributed by atoms with Crippen molar-refractivity contribution in [3.05, 3.63) is 145 Å². The van der Waals surface area contributed by atoms with Crippen LogP contribution in [0.4, 0.5) is 0 Å². The first-order valence-corrected chi connectivity index (χ1v) is 16.8. The molecule has 2 aliphatic rings. The lowest BCUT2D eigenvalue weighted by molar-refractivity contribution is 0.660. The van der Waals surface area contributed by atoms with Crippen molar-refractivity contribution < 1.29 is 0 Å². The Bertz CT molecular complexity index is 2890. The predicted molar refractivity (Wildman–Crippen MR) is 201 cm³/mol. The molecule has 4 nitrogen and oxygen atoms in total. The van der Waals surface area contributed by atoms with Gasteiger partial charge in [0.15, 0.2) is 17.3 Å². The fourth-order valence-electron chi connectivity index (χ4n) is 8.56. The van der Waals surface area contributed by atoms with Gasteiger partial charge in [0.25, 0.3) is 0 Å². The Morgan fingerprint density at radius 2 is 0.918 bits per heavy atom. The normalized spacial score (nSPS) is 13.7. The third kappa shape index (κ3) is 3.53. The molecule has 0 saturated carbocycles. The maximum atomic E-state index is 5.30. The van der Waals surface area contributed by atoms with Crippen molar-refractivity contribution >= 4 is 43.4 Å². The van der Waals surface area contributed by atoms with Crippen LogP contribution in [0, 0.1) is 0 Å². The molecule has 0 atom stereocenters. The summed E-state index contributed by atoms with van der Waals surface area (Å²) in [6.45, 7) is 4.61. The molecule has 7 aromatic carbocycles. The highest BCUT2D eigenvalue weighted by atomic mass is 15.0. The molecule has 0 aliphatic heterocycles. The maximum absolute atomic E-state index is 5.30. The summed E-state index contributed by atoms with van der Waals surface area (Å²) >= 11 is 0. The lowest BCUT2D eigenvalue weighted by Gasteiger charge is -2.21. The fourth-order valence-corrected chi connectivity index (χ4v) is 8.56. The number of hydrogen-bond acceptors (Lipinski definition) is 4. The second kappa shape index (κ2) is 9.42. The number of nitrogens with zero attached hydrogens (tertiary/aromatic N) is 4. The van der Waals surface area contributed by atoms with Crippen LogP contribution >= 0.6 is 0 Å². The van der Waals surface area contributed by atoms with Gasteiger partial charge in [0.05, 0.1) is 16.8 Å². The zero-order valence-electron chi connectivity index (χ0n) is 27.0. The third-order valence-electron chi connectivity index (χ3n) is 10.8. The average molecular weight is 625 g/mol. The molecule has 0 radical (unpaired) electrons. The third-order valence-corrected chi connectivity index (χ3v) is 10.8. The van der Waals surface area contributed by atoms with Crippen molar-refractivity contribution in [3.8, 4) is 56.4 Å². The smallest absolute Gasteiger partial charge is 0.168 e. The number of rotatable bonds is 2. The molecule has 0 amide bonds. The van der Waals surface area contributed by atoms with Gasteiger partial charge in [-0.15, -0.1) is 0 Å². The number of benzene rings is 7. The van der Waals surface area contributed by atoms with Gasteiger partial charge in [-0.2, -0.15) is 0 Å². The first-order valence-electron chi connectivity index (χ1n) is 16.8. The number of aromatic nitrogens is 4. The lowest BCUT2D eigenvalue weighted by Crippen LogP contribution is -2.14. The van der Waals surface area contributed by atoms with Crippen LogP contribution in [0.5, 0.6) is 0 Å². The summed E-state index contributed by atoms with van der Waals surface area (Å²) in [6, 6.07) is 47.7. The summed E-state index contributed by atoms with van der Waals surface area (Å²) in [4.78, 5) is 21.0. The van der Waals surface area contributed by atoms with Gasteiger partial charge in [-0.1, -0.05) is 141 Å². The molecule has 9 aromatic rings. The maximum Gasteiger partial charge on any atom is 0.168 e. The fraction of sp³-hybridized carbons (Fsp3) is 0.0667. The number of hydrogen-bond donors (Lipinski definition) is 0. The number of fused-ring (bicyclic) bond motifs is 12. The van der Waals surface area contributed by atoms with Crippen LogP contribution in [-0.2, 0) is 5.41 Å². The first kappa shape index (κ1) is 26.8. The summed E-state index contributed by atoms with van der Waals surface area (Å²) in [7, 11) is 0. The Balaban J connectivity index is 1.18. The molecule has 2 heterocycles. The van der Waals surface area contributed by atoms with Crippen LogP contribution in [0.3, 0.4) is 0 Å². The van der Waals surface area contributed by atoms with Crippen LogP contribution < -0.4 is 0 Å². The molecule has 4 heteroatoms. The van der Waals surface area contributed by atoms with Crippen LogP contribution in [0.25, 0.3) is 99.8 Å². The van der Waals surface area contributed by atoms with Gasteiger partial charge in [-0.05, 0) is 60.6 Å². The SMILES string of the molecule is CC1(C)c2ccccc2-c2c(-c3nc4c5c(nc(-c6ccc7c8ccccc8c8ccccc8c7c6)nc5n3)-c3ccccc3-4)cccc21. The summed E-state index contributed by atoms with van der Waals surface area (Å²) < 4.78 is 0. The highest BCUT2D eigenvalue weighted by Gasteiger charge is 2.37. The van der Waals surface area contributed by atoms with Gasteiger partial charge in [-0.3, -0.25) is 0 Å². The predicted octanol–water partition coefficient (Wildman–Crippen LogP) is 11.2. The molecule has 11 rings (SSSR count). The van der Waals surface area contributed by atoms with E-state index in [1.165, 1.54) is 54.6 Å². The Kier molecular flexibility index (Phi) is 5.15. The minimum Gasteiger partial charge on any atom is -0.227 e. The van der Waals surface area contributed by atoms with Crippen molar-refractivity contribution in [2.24, 2.45) is 0 Å². The first-order chi connectivity index (χ1) is 24.1. The standard InChI is InChI=1S/C45H28N4/c1-45(2)36-20-10-9-18-33(36)38-34(19-11-21-37(38)45)43-47-41-32-17-8-7-16-31(32)40-39(41)44(49-43)48-42(46-40)25-22-23-30-28-14-4-3-12-26(28)27-13-5-6-15-29(27)35(30)24-25/h3-24H,1-2H3. The zero-order valence-corrected chi connectivity index (χ0v) is 27.0. The Hall–Kier alpha value is -6.26. The molecular formula is C45H28N4. The lowest BCUT2D eigenvalue weighted by atomic mass is 9.82. The summed E-state index contributed by atoms with van der Waals surface area (Å²) in [5.74, 6) is 1.36. The van der Waals surface area contributed by atoms with E-state index in [1.807, 2.05) is 0 Å². The van der Waals surface area contributed by atoms with E-state index in [9.17, 15) is 0 Å². The highest BCUT2D eigenvalue weighted by Crippen LogP contribution is 2.52. The van der Waals surface area contributed by atoms with Gasteiger partial charge in [0.2, 0.25) is 0 Å². The summed E-state index contributed by atoms with van der Waals surface area (Å²) in [5.41, 5.74) is 11.6. The van der Waals surface area contributed by atoms with E-state index >= 15 is 0 Å². The van der Waals surface area contributed by atoms with Gasteiger partial charge in [0.1, 0.15) is 0 Å². The molecule has 0 unspecified atom stereocenters. The van der Waals surface area contributed by atoms with Crippen molar-refractivity contribution in [1.82, 2.24) is 19.9 Å². The Morgan fingerprint density at radius 3 is 1.61 bits per heavy atom. The van der Waals surface area contributed by atoms with Crippen LogP contribution in [0.1, 0.15) is 25.0 Å². The van der Waals surface area contributed by atoms with E-state index < -0.39 is 0 Å². The van der Waals surface area contributed by atoms with Crippen molar-refractivity contribution in [2.45, 2.75) is 19.3 Å². The second-order valence-corrected chi connectivity index (χ2v) is 13.8. The molecule has 49 heavy (non-hydrogen) atoms. The molecule has 0 N–H and O–H groups in total. The monoisotopic (exact) mass is 624 g/mol. The van der Waals surface area contributed by atoms with Gasteiger partial charge in [-0.25, -0.2) is 19.9 Å². The van der Waals surface area contributed by atoms with Crippen molar-refractivity contribution in [1.29, 1.82) is 0 Å². The Morgan fingerprint density at radius 1 is 0.408 bits per heavy atom. The van der Waals surface area contributed by atoms with Gasteiger partial charge in [0, 0.05) is 27.7 Å². The van der Waals surface area contributed by atoms with E-state index in [2.05, 4.69) is 147 Å². The topological polar surface area (TPSA) is 51.6 Å². The average Bonchev–Trinajstić information content (AvgIpc) is 3.60. The van der Waals surface area contributed by atoms with E-state index in [0.717, 1.165) is 39.0 Å². The summed E-state index contributed by atoms with van der Waals surface area (Å²) in [5, 5.41) is 8.31. The van der Waals surface area contributed by atoms with Gasteiger partial charge < -0.3 is 0 Å². The minimum atomic E-state index is -0.115. The molecule has 0 saturated heterocycles. The molecule has 2 aliphatic carbocycles. The summed E-state index contributed by atoms with van der Waals surface area (Å²) in [6.07, 6.45) is 0. The molecule has 0 spiro atoms. The van der Waals surface area contributed by atoms with E-state index in [0.29, 0.717) is 17.3 Å². The Labute approximate surface area is 282 Å². The van der Waals surface area contributed by atoms with E-state index in [-0.39, 0.29) is 5.41 Å². The minimum absolute atomic E-state index is 0.115. The molecule has 0 fully saturated rings. The molecule has 0 bridgehead atoms. The largest absolute Gasteiger partial charge is 0.227 e. The van der Waals surface area contributed by atoms with Crippen molar-refractivity contribution in [2.75, 3.05) is 0 Å². The highest BCUT2D eigenvalue weighted by molar-refractivity contribution is 6.25. The van der Waals surface area contributed by atoms with Gasteiger partial charge >= 0.3 is 0 Å². The van der Waals surface area contributed by atoms with Crippen LogP contribution in [0.2, 0.25) is 0 Å². The van der Waals surface area contributed by atoms with E-state index in [4.69, 9.17) is 19.9 Å². The second-order valence-electron chi connectivity index (χ2n) is 13.8. The molecule has 2 aromatic heterocycles. The molecular weight excluding hydrogens is 597 g/mol. The van der Waals surface area contributed by atoms with Crippen LogP contribution in [-0.4, -0.2) is 19.9 Å². The van der Waals surface area contributed by atoms with Crippen molar-refractivity contribution in [3.63, 3.8) is 0 Å². The molecule has 228 valence electrons.